The van der Waals surface area contributed by atoms with Crippen molar-refractivity contribution in [3.8, 4) is 0 Å². The lowest BCUT2D eigenvalue weighted by Crippen LogP contribution is -2.52. The first kappa shape index (κ1) is 17.2. The minimum Gasteiger partial charge on any atom is -0.388 e. The van der Waals surface area contributed by atoms with E-state index in [-0.39, 0.29) is 5.91 Å². The number of amides is 1. The van der Waals surface area contributed by atoms with E-state index in [0.29, 0.717) is 37.6 Å². The van der Waals surface area contributed by atoms with E-state index in [1.54, 1.807) is 6.92 Å². The molecule has 0 radical (unpaired) electrons. The summed E-state index contributed by atoms with van der Waals surface area (Å²) >= 11 is 0. The Hall–Kier alpha value is -2.25. The fourth-order valence-corrected chi connectivity index (χ4v) is 4.05. The summed E-state index contributed by atoms with van der Waals surface area (Å²) in [7, 11) is 0. The predicted octanol–water partition coefficient (Wildman–Crippen LogP) is 1.34. The number of fused-ring (bicyclic) bond motifs is 1. The monoisotopic (exact) mass is 356 g/mol. The molecule has 7 heteroatoms. The number of piperidine rings is 1. The highest BCUT2D eigenvalue weighted by molar-refractivity contribution is 5.96. The number of para-hydroxylation sites is 1. The van der Waals surface area contributed by atoms with Gasteiger partial charge in [-0.05, 0) is 44.4 Å². The molecule has 0 saturated carbocycles. The third kappa shape index (κ3) is 3.50. The number of aromatic nitrogens is 2. The number of aryl methyl sites for hydroxylation is 1. The van der Waals surface area contributed by atoms with Crippen LogP contribution in [0.2, 0.25) is 0 Å². The van der Waals surface area contributed by atoms with Gasteiger partial charge in [-0.2, -0.15) is 4.98 Å². The van der Waals surface area contributed by atoms with Gasteiger partial charge in [-0.3, -0.25) is 9.69 Å². The molecular weight excluding hydrogens is 332 g/mol. The van der Waals surface area contributed by atoms with Crippen molar-refractivity contribution >= 4 is 11.6 Å². The Labute approximate surface area is 152 Å². The predicted molar refractivity (Wildman–Crippen MR) is 95.9 cm³/mol. The molecule has 1 fully saturated rings. The molecule has 2 aliphatic heterocycles. The smallest absolute Gasteiger partial charge is 0.241 e. The number of nitrogens with zero attached hydrogens (tertiary/aromatic N) is 4. The minimum absolute atomic E-state index is 0.0906. The molecule has 2 aromatic rings. The molecule has 0 spiro atoms. The van der Waals surface area contributed by atoms with Gasteiger partial charge < -0.3 is 14.5 Å². The first-order valence-electron chi connectivity index (χ1n) is 9.15. The number of likely N-dealkylation sites (tertiary alicyclic amines) is 1. The highest BCUT2D eigenvalue weighted by atomic mass is 16.5. The van der Waals surface area contributed by atoms with Gasteiger partial charge in [0.2, 0.25) is 11.8 Å². The van der Waals surface area contributed by atoms with Gasteiger partial charge >= 0.3 is 0 Å². The Morgan fingerprint density at radius 1 is 1.35 bits per heavy atom. The van der Waals surface area contributed by atoms with Gasteiger partial charge in [-0.25, -0.2) is 0 Å². The van der Waals surface area contributed by atoms with Gasteiger partial charge in [0.15, 0.2) is 5.82 Å². The zero-order valence-electron chi connectivity index (χ0n) is 15.0. The molecule has 3 heterocycles. The molecule has 1 amide bonds. The Balaban J connectivity index is 1.40. The maximum Gasteiger partial charge on any atom is 0.241 e. The summed E-state index contributed by atoms with van der Waals surface area (Å²) in [5.41, 5.74) is 1.31. The Morgan fingerprint density at radius 3 is 3.00 bits per heavy atom. The van der Waals surface area contributed by atoms with Crippen molar-refractivity contribution in [1.29, 1.82) is 0 Å². The van der Waals surface area contributed by atoms with E-state index >= 15 is 0 Å². The standard InChI is InChI=1S/C19H24N4O3/c1-14-20-17(26-21-14)11-19(25)8-4-9-22(13-19)12-18(24)23-10-7-15-5-2-3-6-16(15)23/h2-3,5-6,25H,4,7-13H2,1H3. The summed E-state index contributed by atoms with van der Waals surface area (Å²) in [6.45, 7) is 4.07. The van der Waals surface area contributed by atoms with Gasteiger partial charge in [0, 0.05) is 18.8 Å². The average Bonchev–Trinajstić information content (AvgIpc) is 3.20. The zero-order valence-corrected chi connectivity index (χ0v) is 15.0. The fraction of sp³-hybridized carbons (Fsp3) is 0.526. The fourth-order valence-electron chi connectivity index (χ4n) is 4.05. The minimum atomic E-state index is -0.930. The summed E-state index contributed by atoms with van der Waals surface area (Å²) < 4.78 is 5.15. The van der Waals surface area contributed by atoms with Crippen LogP contribution in [0.5, 0.6) is 0 Å². The second-order valence-corrected chi connectivity index (χ2v) is 7.37. The van der Waals surface area contributed by atoms with Crippen molar-refractivity contribution in [3.05, 3.63) is 41.5 Å². The molecule has 1 aromatic carbocycles. The van der Waals surface area contributed by atoms with Crippen molar-refractivity contribution in [2.75, 3.05) is 31.1 Å². The second-order valence-electron chi connectivity index (χ2n) is 7.37. The van der Waals surface area contributed by atoms with E-state index in [4.69, 9.17) is 4.52 Å². The molecule has 1 aromatic heterocycles. The first-order valence-corrected chi connectivity index (χ1v) is 9.15. The number of anilines is 1. The van der Waals surface area contributed by atoms with Crippen molar-refractivity contribution in [2.45, 2.75) is 38.2 Å². The SMILES string of the molecule is Cc1noc(CC2(O)CCCN(CC(=O)N3CCc4ccccc43)C2)n1. The van der Waals surface area contributed by atoms with Crippen LogP contribution < -0.4 is 4.90 Å². The van der Waals surface area contributed by atoms with Crippen molar-refractivity contribution < 1.29 is 14.4 Å². The Bertz CT molecular complexity index is 806. The summed E-state index contributed by atoms with van der Waals surface area (Å²) in [4.78, 5) is 20.9. The van der Waals surface area contributed by atoms with Crippen molar-refractivity contribution in [2.24, 2.45) is 0 Å². The van der Waals surface area contributed by atoms with E-state index in [0.717, 1.165) is 31.6 Å². The highest BCUT2D eigenvalue weighted by Gasteiger charge is 2.36. The number of hydrogen-bond donors (Lipinski definition) is 1. The molecule has 0 bridgehead atoms. The third-order valence-corrected chi connectivity index (χ3v) is 5.23. The molecule has 26 heavy (non-hydrogen) atoms. The van der Waals surface area contributed by atoms with Crippen LogP contribution in [-0.4, -0.2) is 57.8 Å². The van der Waals surface area contributed by atoms with Crippen molar-refractivity contribution in [1.82, 2.24) is 15.0 Å². The zero-order chi connectivity index (χ0) is 18.1. The molecule has 0 aliphatic carbocycles. The largest absolute Gasteiger partial charge is 0.388 e. The molecule has 1 atom stereocenters. The highest BCUT2D eigenvalue weighted by Crippen LogP contribution is 2.29. The number of aliphatic hydroxyl groups is 1. The second kappa shape index (κ2) is 6.81. The summed E-state index contributed by atoms with van der Waals surface area (Å²) in [5, 5.41) is 14.7. The number of hydrogen-bond acceptors (Lipinski definition) is 6. The summed E-state index contributed by atoms with van der Waals surface area (Å²) in [5.74, 6) is 1.11. The summed E-state index contributed by atoms with van der Waals surface area (Å²) in [6.07, 6.45) is 2.74. The first-order chi connectivity index (χ1) is 12.5. The molecule has 1 saturated heterocycles. The molecule has 7 nitrogen and oxygen atoms in total. The van der Waals surface area contributed by atoms with Crippen LogP contribution in [0.4, 0.5) is 5.69 Å². The van der Waals surface area contributed by atoms with Gasteiger partial charge in [0.25, 0.3) is 0 Å². The van der Waals surface area contributed by atoms with E-state index in [1.165, 1.54) is 5.56 Å². The topological polar surface area (TPSA) is 82.7 Å². The van der Waals surface area contributed by atoms with Gasteiger partial charge in [0.1, 0.15) is 0 Å². The van der Waals surface area contributed by atoms with Crippen LogP contribution in [0, 0.1) is 6.92 Å². The van der Waals surface area contributed by atoms with Gasteiger partial charge in [0.05, 0.1) is 18.6 Å². The Morgan fingerprint density at radius 2 is 2.19 bits per heavy atom. The number of benzene rings is 1. The van der Waals surface area contributed by atoms with Crippen LogP contribution in [0.15, 0.2) is 28.8 Å². The van der Waals surface area contributed by atoms with Crippen LogP contribution in [0.1, 0.15) is 30.1 Å². The normalized spacial score (nSPS) is 23.2. The quantitative estimate of drug-likeness (QED) is 0.890. The van der Waals surface area contributed by atoms with E-state index < -0.39 is 5.60 Å². The molecule has 1 N–H and O–H groups in total. The van der Waals surface area contributed by atoms with Crippen LogP contribution in [0.3, 0.4) is 0 Å². The molecular formula is C19H24N4O3. The maximum atomic E-state index is 12.8. The summed E-state index contributed by atoms with van der Waals surface area (Å²) in [6, 6.07) is 8.06. The lowest BCUT2D eigenvalue weighted by Gasteiger charge is -2.38. The Kier molecular flexibility index (Phi) is 4.50. The third-order valence-electron chi connectivity index (χ3n) is 5.23. The molecule has 2 aliphatic rings. The molecule has 4 rings (SSSR count). The number of carbonyl (C=O) groups is 1. The van der Waals surface area contributed by atoms with E-state index in [1.807, 2.05) is 28.0 Å². The van der Waals surface area contributed by atoms with Crippen molar-refractivity contribution in [3.63, 3.8) is 0 Å². The van der Waals surface area contributed by atoms with Crippen LogP contribution in [-0.2, 0) is 17.6 Å². The van der Waals surface area contributed by atoms with E-state index in [9.17, 15) is 9.90 Å². The van der Waals surface area contributed by atoms with Gasteiger partial charge in [-0.1, -0.05) is 23.4 Å². The number of rotatable bonds is 4. The van der Waals surface area contributed by atoms with Crippen LogP contribution >= 0.6 is 0 Å². The lowest BCUT2D eigenvalue weighted by atomic mass is 9.89. The lowest BCUT2D eigenvalue weighted by molar-refractivity contribution is -0.121. The average molecular weight is 356 g/mol. The van der Waals surface area contributed by atoms with E-state index in [2.05, 4.69) is 16.2 Å². The number of β-amino-alcohol motifs (C(OH)–C–C–N with tert-alkyl or cyclic N) is 1. The number of carbonyl (C=O) groups excluding carboxylic acids is 1. The van der Waals surface area contributed by atoms with Gasteiger partial charge in [-0.15, -0.1) is 0 Å². The maximum absolute atomic E-state index is 12.8. The molecule has 1 unspecified atom stereocenters. The molecule has 138 valence electrons. The van der Waals surface area contributed by atoms with Crippen LogP contribution in [0.25, 0.3) is 0 Å².